The smallest absolute Gasteiger partial charge is 0.338 e. The molecule has 14 nitrogen and oxygen atoms in total. The molecular formula is C43H45NO13. The highest BCUT2D eigenvalue weighted by molar-refractivity contribution is 5.90. The van der Waals surface area contributed by atoms with Gasteiger partial charge in [0.1, 0.15) is 24.6 Å². The van der Waals surface area contributed by atoms with Crippen molar-refractivity contribution in [3.8, 4) is 0 Å². The van der Waals surface area contributed by atoms with Crippen LogP contribution >= 0.6 is 0 Å². The summed E-state index contributed by atoms with van der Waals surface area (Å²) in [6.45, 7) is 10.9. The molecule has 14 heteroatoms. The number of carbonyl (C=O) groups excluding carboxylic acids is 7. The first kappa shape index (κ1) is 38.5. The number of aldehydes is 1. The maximum atomic E-state index is 14.1. The van der Waals surface area contributed by atoms with Crippen LogP contribution in [-0.2, 0) is 52.4 Å². The van der Waals surface area contributed by atoms with E-state index in [2.05, 4.69) is 6.58 Å². The Hall–Kier alpha value is -5.37. The molecule has 0 unspecified atom stereocenters. The molecule has 2 spiro atoms. The van der Waals surface area contributed by atoms with Gasteiger partial charge >= 0.3 is 35.8 Å². The van der Waals surface area contributed by atoms with Gasteiger partial charge in [0.15, 0.2) is 18.3 Å². The molecule has 2 heterocycles. The Bertz CT molecular complexity index is 2070. The number of ether oxygens (including phenoxy) is 6. The summed E-state index contributed by atoms with van der Waals surface area (Å²) in [6, 6.07) is 15.0. The standard InChI is InChI=1S/C43H45NO13/c1-20-18-42-28-30(56-39(50)25-14-10-8-11-15-25)27(20)31(52-21(2)46)34(42)43-33(29(44(7)35(28)43)36(42)53-22(3)47)41(6,19-45)37(54-23(4)48)32(38(43)55-24(5)49)57-40(51)26-16-12-9-13-17-26/h8-17,19,27-38H,1,18H2,2-7H3/t27-,28+,29+,30-,31-,32-,33+,34+,35+,36+,37-,38+,41-,42-,43+/m0/s1. The minimum absolute atomic E-state index is 0.149. The molecule has 2 aromatic carbocycles. The Balaban J connectivity index is 1.43. The summed E-state index contributed by atoms with van der Waals surface area (Å²) in [6.07, 6.45) is -6.73. The van der Waals surface area contributed by atoms with Crippen molar-refractivity contribution < 1.29 is 62.0 Å². The van der Waals surface area contributed by atoms with Crippen LogP contribution in [0, 0.1) is 39.9 Å². The Morgan fingerprint density at radius 1 is 0.667 bits per heavy atom. The number of rotatable bonds is 9. The number of hydrogen-bond donors (Lipinski definition) is 0. The predicted molar refractivity (Wildman–Crippen MR) is 196 cm³/mol. The molecule has 0 N–H and O–H groups in total. The van der Waals surface area contributed by atoms with Crippen molar-refractivity contribution in [2.45, 2.75) is 89.7 Å². The second kappa shape index (κ2) is 13.4. The number of fused-ring (bicyclic) bond motifs is 1. The van der Waals surface area contributed by atoms with E-state index < -0.39 is 124 Å². The molecule has 15 atom stereocenters. The Morgan fingerprint density at radius 3 is 1.67 bits per heavy atom. The Morgan fingerprint density at radius 2 is 1.16 bits per heavy atom. The van der Waals surface area contributed by atoms with Gasteiger partial charge < -0.3 is 33.2 Å². The number of esters is 6. The lowest BCUT2D eigenvalue weighted by Gasteiger charge is -2.70. The van der Waals surface area contributed by atoms with E-state index in [9.17, 15) is 33.6 Å². The summed E-state index contributed by atoms with van der Waals surface area (Å²) in [5.74, 6) is -7.57. The van der Waals surface area contributed by atoms with Crippen LogP contribution in [-0.4, -0.2) is 103 Å². The summed E-state index contributed by atoms with van der Waals surface area (Å²) >= 11 is 0. The average molecular weight is 784 g/mol. The molecule has 7 bridgehead atoms. The molecule has 57 heavy (non-hydrogen) atoms. The van der Waals surface area contributed by atoms with Gasteiger partial charge in [-0.1, -0.05) is 48.6 Å². The molecule has 2 aliphatic heterocycles. The van der Waals surface area contributed by atoms with Gasteiger partial charge in [-0.3, -0.25) is 24.1 Å². The van der Waals surface area contributed by atoms with Crippen LogP contribution < -0.4 is 0 Å². The third-order valence-corrected chi connectivity index (χ3v) is 13.9. The zero-order chi connectivity index (χ0) is 40.9. The SMILES string of the molecule is C=C1C[C@]23[C@@H]4[C@@H](OC(=O)c5ccccc5)[C@H]1[C@H](OC(C)=O)[C@H]2[C@]12[C@H](OC(C)=O)[C@@H](OC(=O)c5ccccc5)[C@H](OC(C)=O)[C@@](C)(C=O)[C@H]1[C@H]([C@H]3OC(C)=O)N(C)[C@H]42. The number of nitrogens with zero attached hydrogens (tertiary/aromatic N) is 1. The summed E-state index contributed by atoms with van der Waals surface area (Å²) in [5, 5.41) is 0. The van der Waals surface area contributed by atoms with Gasteiger partial charge in [0.25, 0.3) is 0 Å². The lowest BCUT2D eigenvalue weighted by Crippen LogP contribution is -2.80. The normalized spacial score (nSPS) is 40.4. The molecule has 300 valence electrons. The molecule has 10 rings (SSSR count). The highest BCUT2D eigenvalue weighted by Gasteiger charge is 2.95. The topological polar surface area (TPSA) is 178 Å². The van der Waals surface area contributed by atoms with Crippen molar-refractivity contribution in [2.24, 2.45) is 39.9 Å². The average Bonchev–Trinajstić information content (AvgIpc) is 3.47. The van der Waals surface area contributed by atoms with Gasteiger partial charge in [-0.05, 0) is 44.7 Å². The van der Waals surface area contributed by atoms with Crippen molar-refractivity contribution in [1.82, 2.24) is 4.90 Å². The number of carbonyl (C=O) groups is 7. The monoisotopic (exact) mass is 783 g/mol. The number of piperidine rings is 1. The van der Waals surface area contributed by atoms with E-state index in [1.54, 1.807) is 62.5 Å². The fraction of sp³-hybridized carbons (Fsp3) is 0.512. The minimum atomic E-state index is -1.71. The molecule has 2 saturated heterocycles. The summed E-state index contributed by atoms with van der Waals surface area (Å²) in [7, 11) is 1.81. The van der Waals surface area contributed by atoms with E-state index >= 15 is 0 Å². The van der Waals surface area contributed by atoms with Crippen molar-refractivity contribution >= 4 is 42.1 Å². The summed E-state index contributed by atoms with van der Waals surface area (Å²) in [5.41, 5.74) is -3.28. The molecule has 0 aromatic heterocycles. The zero-order valence-corrected chi connectivity index (χ0v) is 32.4. The lowest BCUT2D eigenvalue weighted by atomic mass is 9.37. The van der Waals surface area contributed by atoms with E-state index in [1.165, 1.54) is 32.9 Å². The summed E-state index contributed by atoms with van der Waals surface area (Å²) < 4.78 is 38.0. The highest BCUT2D eigenvalue weighted by Crippen LogP contribution is 2.86. The predicted octanol–water partition coefficient (Wildman–Crippen LogP) is 3.50. The quantitative estimate of drug-likeness (QED) is 0.156. The molecule has 8 aliphatic rings. The highest BCUT2D eigenvalue weighted by atomic mass is 16.6. The van der Waals surface area contributed by atoms with E-state index in [-0.39, 0.29) is 17.5 Å². The maximum Gasteiger partial charge on any atom is 0.338 e. The first-order valence-corrected chi connectivity index (χ1v) is 19.1. The van der Waals surface area contributed by atoms with Crippen LogP contribution in [0.3, 0.4) is 0 Å². The minimum Gasteiger partial charge on any atom is -0.461 e. The fourth-order valence-corrected chi connectivity index (χ4v) is 13.0. The summed E-state index contributed by atoms with van der Waals surface area (Å²) in [4.78, 5) is 97.1. The van der Waals surface area contributed by atoms with Crippen molar-refractivity contribution in [2.75, 3.05) is 7.05 Å². The number of likely N-dealkylation sites (N-methyl/N-ethyl adjacent to an activating group) is 1. The van der Waals surface area contributed by atoms with Crippen molar-refractivity contribution in [3.63, 3.8) is 0 Å². The van der Waals surface area contributed by atoms with E-state index in [0.29, 0.717) is 11.9 Å². The molecule has 0 amide bonds. The molecule has 0 radical (unpaired) electrons. The van der Waals surface area contributed by atoms with Gasteiger partial charge in [0.05, 0.1) is 28.5 Å². The van der Waals surface area contributed by atoms with Crippen LogP contribution in [0.4, 0.5) is 0 Å². The van der Waals surface area contributed by atoms with Crippen LogP contribution in [0.2, 0.25) is 0 Å². The van der Waals surface area contributed by atoms with E-state index in [4.69, 9.17) is 28.4 Å². The van der Waals surface area contributed by atoms with Crippen LogP contribution in [0.1, 0.15) is 61.8 Å². The lowest BCUT2D eigenvalue weighted by molar-refractivity contribution is -0.302. The van der Waals surface area contributed by atoms with Gasteiger partial charge in [0, 0.05) is 62.3 Å². The van der Waals surface area contributed by atoms with Gasteiger partial charge in [0.2, 0.25) is 0 Å². The van der Waals surface area contributed by atoms with E-state index in [1.807, 2.05) is 4.90 Å². The Kier molecular flexibility index (Phi) is 9.02. The van der Waals surface area contributed by atoms with Gasteiger partial charge in [-0.25, -0.2) is 9.59 Å². The van der Waals surface area contributed by atoms with Crippen LogP contribution in [0.15, 0.2) is 72.8 Å². The molecular weight excluding hydrogens is 738 g/mol. The number of hydrogen-bond acceptors (Lipinski definition) is 14. The van der Waals surface area contributed by atoms with Crippen molar-refractivity contribution in [1.29, 1.82) is 0 Å². The Labute approximate surface area is 329 Å². The van der Waals surface area contributed by atoms with Crippen LogP contribution in [0.25, 0.3) is 0 Å². The first-order chi connectivity index (χ1) is 27.0. The third kappa shape index (κ3) is 5.14. The molecule has 8 fully saturated rings. The molecule has 6 aliphatic carbocycles. The molecule has 2 aromatic rings. The van der Waals surface area contributed by atoms with E-state index in [0.717, 1.165) is 6.92 Å². The maximum absolute atomic E-state index is 14.1. The second-order valence-electron chi connectivity index (χ2n) is 16.7. The largest absolute Gasteiger partial charge is 0.461 e. The van der Waals surface area contributed by atoms with Crippen molar-refractivity contribution in [3.05, 3.63) is 83.9 Å². The third-order valence-electron chi connectivity index (χ3n) is 13.9. The van der Waals surface area contributed by atoms with Gasteiger partial charge in [-0.15, -0.1) is 0 Å². The first-order valence-electron chi connectivity index (χ1n) is 19.1. The van der Waals surface area contributed by atoms with Crippen LogP contribution in [0.5, 0.6) is 0 Å². The zero-order valence-electron chi connectivity index (χ0n) is 32.4. The van der Waals surface area contributed by atoms with Gasteiger partial charge in [-0.2, -0.15) is 0 Å². The number of benzene rings is 2. The second-order valence-corrected chi connectivity index (χ2v) is 16.7. The fourth-order valence-electron chi connectivity index (χ4n) is 13.0. The molecule has 6 saturated carbocycles.